The number of nitrogens with one attached hydrogen (secondary N) is 1. The molecule has 0 bridgehead atoms. The molecular weight excluding hydrogens is 418 g/mol. The summed E-state index contributed by atoms with van der Waals surface area (Å²) in [5.74, 6) is 2.44. The fourth-order valence-corrected chi connectivity index (χ4v) is 3.43. The van der Waals surface area contributed by atoms with Gasteiger partial charge in [0.05, 0.1) is 0 Å². The third-order valence-corrected chi connectivity index (χ3v) is 5.06. The molecule has 0 saturated heterocycles. The zero-order valence-corrected chi connectivity index (χ0v) is 17.3. The second kappa shape index (κ2) is 8.57. The number of aryl methyl sites for hydroxylation is 1. The Bertz CT molecular complexity index is 957. The number of anilines is 1. The molecule has 4 rings (SSSR count). The van der Waals surface area contributed by atoms with Gasteiger partial charge >= 0.3 is 0 Å². The summed E-state index contributed by atoms with van der Waals surface area (Å²) < 4.78 is 18.4. The van der Waals surface area contributed by atoms with Gasteiger partial charge in [0, 0.05) is 28.3 Å². The maximum atomic E-state index is 6.09. The van der Waals surface area contributed by atoms with Crippen LogP contribution in [0.25, 0.3) is 0 Å². The fourth-order valence-electron chi connectivity index (χ4n) is 3.02. The quantitative estimate of drug-likeness (QED) is 0.532. The predicted molar refractivity (Wildman–Crippen MR) is 114 cm³/mol. The Morgan fingerprint density at radius 2 is 1.71 bits per heavy atom. The molecule has 0 amide bonds. The van der Waals surface area contributed by atoms with Crippen molar-refractivity contribution in [3.05, 3.63) is 81.8 Å². The predicted octanol–water partition coefficient (Wildman–Crippen LogP) is 5.72. The van der Waals surface area contributed by atoms with Gasteiger partial charge in [-0.15, -0.1) is 0 Å². The summed E-state index contributed by atoms with van der Waals surface area (Å²) in [6, 6.07) is 20.4. The first-order valence-corrected chi connectivity index (χ1v) is 10.1. The van der Waals surface area contributed by atoms with Gasteiger partial charge < -0.3 is 19.5 Å². The Kier molecular flexibility index (Phi) is 5.72. The summed E-state index contributed by atoms with van der Waals surface area (Å²) in [5, 5.41) is 3.45. The Labute approximate surface area is 173 Å². The second-order valence-corrected chi connectivity index (χ2v) is 7.65. The van der Waals surface area contributed by atoms with Crippen LogP contribution in [-0.2, 0) is 13.2 Å². The molecule has 1 aliphatic heterocycles. The van der Waals surface area contributed by atoms with Crippen LogP contribution in [0.4, 0.5) is 5.69 Å². The van der Waals surface area contributed by atoms with Crippen molar-refractivity contribution in [2.45, 2.75) is 20.1 Å². The van der Waals surface area contributed by atoms with E-state index in [4.69, 9.17) is 14.2 Å². The molecule has 0 spiro atoms. The molecule has 5 heteroatoms. The normalized spacial score (nSPS) is 12.5. The van der Waals surface area contributed by atoms with Crippen molar-refractivity contribution in [2.24, 2.45) is 0 Å². The first kappa shape index (κ1) is 18.7. The van der Waals surface area contributed by atoms with Crippen molar-refractivity contribution < 1.29 is 14.2 Å². The molecule has 1 heterocycles. The number of hydrogen-bond acceptors (Lipinski definition) is 4. The molecule has 1 aliphatic rings. The average molecular weight is 440 g/mol. The zero-order chi connectivity index (χ0) is 19.3. The van der Waals surface area contributed by atoms with Gasteiger partial charge in [-0.3, -0.25) is 0 Å². The van der Waals surface area contributed by atoms with E-state index in [1.807, 2.05) is 30.3 Å². The van der Waals surface area contributed by atoms with Gasteiger partial charge in [0.25, 0.3) is 0 Å². The van der Waals surface area contributed by atoms with Crippen LogP contribution in [0.1, 0.15) is 16.7 Å². The molecule has 0 radical (unpaired) electrons. The van der Waals surface area contributed by atoms with Gasteiger partial charge in [0.15, 0.2) is 11.5 Å². The SMILES string of the molecule is Cc1ccc(COc2ccc(Br)cc2CNc2ccc3c(c2)OCCO3)cc1. The number of fused-ring (bicyclic) bond motifs is 1. The molecule has 0 saturated carbocycles. The number of rotatable bonds is 6. The van der Waals surface area contributed by atoms with E-state index >= 15 is 0 Å². The van der Waals surface area contributed by atoms with E-state index < -0.39 is 0 Å². The van der Waals surface area contributed by atoms with Crippen molar-refractivity contribution in [3.8, 4) is 17.2 Å². The molecular formula is C23H22BrNO3. The Balaban J connectivity index is 1.45. The summed E-state index contributed by atoms with van der Waals surface area (Å²) in [6.07, 6.45) is 0. The van der Waals surface area contributed by atoms with Crippen molar-refractivity contribution in [2.75, 3.05) is 18.5 Å². The van der Waals surface area contributed by atoms with E-state index in [1.165, 1.54) is 5.56 Å². The highest BCUT2D eigenvalue weighted by molar-refractivity contribution is 9.10. The van der Waals surface area contributed by atoms with Crippen LogP contribution < -0.4 is 19.5 Å². The molecule has 4 nitrogen and oxygen atoms in total. The first-order valence-electron chi connectivity index (χ1n) is 9.28. The smallest absolute Gasteiger partial charge is 0.163 e. The van der Waals surface area contributed by atoms with Crippen molar-refractivity contribution in [1.82, 2.24) is 0 Å². The maximum absolute atomic E-state index is 6.09. The van der Waals surface area contributed by atoms with E-state index in [2.05, 4.69) is 58.5 Å². The molecule has 0 fully saturated rings. The van der Waals surface area contributed by atoms with Gasteiger partial charge in [-0.2, -0.15) is 0 Å². The number of benzene rings is 3. The average Bonchev–Trinajstić information content (AvgIpc) is 2.72. The maximum Gasteiger partial charge on any atom is 0.163 e. The minimum absolute atomic E-state index is 0.541. The van der Waals surface area contributed by atoms with Gasteiger partial charge in [0.2, 0.25) is 0 Å². The summed E-state index contributed by atoms with van der Waals surface area (Å²) in [5.41, 5.74) is 4.46. The van der Waals surface area contributed by atoms with Crippen LogP contribution in [0.2, 0.25) is 0 Å². The Morgan fingerprint density at radius 1 is 0.929 bits per heavy atom. The van der Waals surface area contributed by atoms with E-state index in [1.54, 1.807) is 0 Å². The summed E-state index contributed by atoms with van der Waals surface area (Å²) in [4.78, 5) is 0. The molecule has 144 valence electrons. The minimum Gasteiger partial charge on any atom is -0.489 e. The Morgan fingerprint density at radius 3 is 2.54 bits per heavy atom. The third kappa shape index (κ3) is 4.60. The zero-order valence-electron chi connectivity index (χ0n) is 15.7. The number of hydrogen-bond donors (Lipinski definition) is 1. The summed E-state index contributed by atoms with van der Waals surface area (Å²) in [6.45, 7) is 4.45. The number of ether oxygens (including phenoxy) is 3. The lowest BCUT2D eigenvalue weighted by molar-refractivity contribution is 0.171. The molecule has 3 aromatic carbocycles. The van der Waals surface area contributed by atoms with Crippen LogP contribution >= 0.6 is 15.9 Å². The molecule has 0 atom stereocenters. The summed E-state index contributed by atoms with van der Waals surface area (Å²) in [7, 11) is 0. The third-order valence-electron chi connectivity index (χ3n) is 4.56. The van der Waals surface area contributed by atoms with E-state index in [0.717, 1.165) is 38.5 Å². The largest absolute Gasteiger partial charge is 0.489 e. The topological polar surface area (TPSA) is 39.7 Å². The van der Waals surface area contributed by atoms with Crippen LogP contribution in [0.15, 0.2) is 65.1 Å². The van der Waals surface area contributed by atoms with Gasteiger partial charge in [-0.25, -0.2) is 0 Å². The van der Waals surface area contributed by atoms with Gasteiger partial charge in [-0.1, -0.05) is 45.8 Å². The van der Waals surface area contributed by atoms with Crippen LogP contribution in [0.3, 0.4) is 0 Å². The summed E-state index contributed by atoms with van der Waals surface area (Å²) >= 11 is 3.56. The lowest BCUT2D eigenvalue weighted by Crippen LogP contribution is -2.15. The lowest BCUT2D eigenvalue weighted by Gasteiger charge is -2.19. The van der Waals surface area contributed by atoms with Gasteiger partial charge in [0.1, 0.15) is 25.6 Å². The minimum atomic E-state index is 0.541. The highest BCUT2D eigenvalue weighted by Gasteiger charge is 2.12. The van der Waals surface area contributed by atoms with Crippen LogP contribution in [-0.4, -0.2) is 13.2 Å². The standard InChI is InChI=1S/C23H22BrNO3/c1-16-2-4-17(5-3-16)15-28-21-8-6-19(24)12-18(21)14-25-20-7-9-22-23(13-20)27-11-10-26-22/h2-9,12-13,25H,10-11,14-15H2,1H3. The highest BCUT2D eigenvalue weighted by atomic mass is 79.9. The highest BCUT2D eigenvalue weighted by Crippen LogP contribution is 2.33. The molecule has 0 aromatic heterocycles. The van der Waals surface area contributed by atoms with E-state index in [9.17, 15) is 0 Å². The van der Waals surface area contributed by atoms with Crippen molar-refractivity contribution >= 4 is 21.6 Å². The number of halogens is 1. The van der Waals surface area contributed by atoms with Gasteiger partial charge in [-0.05, 0) is 42.8 Å². The second-order valence-electron chi connectivity index (χ2n) is 6.74. The molecule has 0 aliphatic carbocycles. The molecule has 1 N–H and O–H groups in total. The van der Waals surface area contributed by atoms with E-state index in [0.29, 0.717) is 26.4 Å². The van der Waals surface area contributed by atoms with Crippen molar-refractivity contribution in [1.29, 1.82) is 0 Å². The monoisotopic (exact) mass is 439 g/mol. The fraction of sp³-hybridized carbons (Fsp3) is 0.217. The lowest BCUT2D eigenvalue weighted by atomic mass is 10.1. The molecule has 0 unspecified atom stereocenters. The first-order chi connectivity index (χ1) is 13.7. The molecule has 28 heavy (non-hydrogen) atoms. The Hall–Kier alpha value is -2.66. The van der Waals surface area contributed by atoms with E-state index in [-0.39, 0.29) is 0 Å². The van der Waals surface area contributed by atoms with Crippen LogP contribution in [0.5, 0.6) is 17.2 Å². The molecule has 3 aromatic rings. The van der Waals surface area contributed by atoms with Crippen molar-refractivity contribution in [3.63, 3.8) is 0 Å². The van der Waals surface area contributed by atoms with Crippen LogP contribution in [0, 0.1) is 6.92 Å².